The quantitative estimate of drug-likeness (QED) is 0.479. The van der Waals surface area contributed by atoms with E-state index in [0.29, 0.717) is 35.4 Å². The maximum absolute atomic E-state index is 13.5. The highest BCUT2D eigenvalue weighted by Gasteiger charge is 2.29. The largest absolute Gasteiger partial charge is 0.444 e. The third-order valence-electron chi connectivity index (χ3n) is 5.68. The van der Waals surface area contributed by atoms with E-state index >= 15 is 0 Å². The van der Waals surface area contributed by atoms with Gasteiger partial charge in [-0.2, -0.15) is 0 Å². The summed E-state index contributed by atoms with van der Waals surface area (Å²) < 4.78 is 8.67. The summed E-state index contributed by atoms with van der Waals surface area (Å²) in [6.07, 6.45) is 2.10. The molecule has 0 atom stereocenters. The molecule has 1 N–H and O–H groups in total. The Balaban J connectivity index is 1.58. The first-order chi connectivity index (χ1) is 15.1. The summed E-state index contributed by atoms with van der Waals surface area (Å²) in [5.41, 5.74) is 1.08. The second-order valence-electron chi connectivity index (χ2n) is 9.10. The minimum Gasteiger partial charge on any atom is -0.444 e. The lowest BCUT2D eigenvalue weighted by atomic mass is 10.1. The molecule has 32 heavy (non-hydrogen) atoms. The molecule has 5 rings (SSSR count). The van der Waals surface area contributed by atoms with Crippen LogP contribution in [0, 0.1) is 0 Å². The zero-order chi connectivity index (χ0) is 22.8. The normalized spacial score (nSPS) is 14.2. The number of nitrogens with zero attached hydrogens (tertiary/aromatic N) is 3. The van der Waals surface area contributed by atoms with E-state index in [1.165, 1.54) is 15.9 Å². The van der Waals surface area contributed by atoms with Crippen LogP contribution in [0.5, 0.6) is 0 Å². The maximum Gasteiger partial charge on any atom is 0.410 e. The summed E-state index contributed by atoms with van der Waals surface area (Å²) in [5, 5.41) is 1.48. The van der Waals surface area contributed by atoms with Gasteiger partial charge < -0.3 is 14.2 Å². The fraction of sp³-hybridized carbons (Fsp3) is 0.348. The molecule has 0 saturated carbocycles. The van der Waals surface area contributed by atoms with E-state index in [9.17, 15) is 14.4 Å². The number of carbonyl (C=O) groups excluding carboxylic acids is 1. The Morgan fingerprint density at radius 1 is 1.19 bits per heavy atom. The first kappa shape index (κ1) is 20.6. The monoisotopic (exact) mass is 452 g/mol. The fourth-order valence-corrected chi connectivity index (χ4v) is 5.44. The van der Waals surface area contributed by atoms with Crippen molar-refractivity contribution in [1.29, 1.82) is 0 Å². The van der Waals surface area contributed by atoms with Gasteiger partial charge in [0.15, 0.2) is 0 Å². The van der Waals surface area contributed by atoms with Gasteiger partial charge in [-0.15, -0.1) is 11.3 Å². The van der Waals surface area contributed by atoms with Crippen LogP contribution in [-0.4, -0.2) is 37.3 Å². The molecule has 0 unspecified atom stereocenters. The SMILES string of the molecule is Cn1ccc2cc(-n3c(=O)[nH]c4sc5c(c4c3=O)CCN(C(=O)OC(C)(C)C)C5)ccc21. The third-order valence-corrected chi connectivity index (χ3v) is 6.81. The summed E-state index contributed by atoms with van der Waals surface area (Å²) in [6, 6.07) is 7.49. The fourth-order valence-electron chi connectivity index (χ4n) is 4.20. The molecule has 1 aromatic carbocycles. The van der Waals surface area contributed by atoms with Crippen molar-refractivity contribution in [3.63, 3.8) is 0 Å². The minimum atomic E-state index is -0.573. The topological polar surface area (TPSA) is 89.3 Å². The van der Waals surface area contributed by atoms with Gasteiger partial charge in [-0.3, -0.25) is 9.78 Å². The first-order valence-corrected chi connectivity index (χ1v) is 11.3. The lowest BCUT2D eigenvalue weighted by Gasteiger charge is -2.29. The van der Waals surface area contributed by atoms with Crippen LogP contribution >= 0.6 is 11.3 Å². The Kier molecular flexibility index (Phi) is 4.56. The first-order valence-electron chi connectivity index (χ1n) is 10.5. The molecular weight excluding hydrogens is 428 g/mol. The number of fused-ring (bicyclic) bond motifs is 4. The van der Waals surface area contributed by atoms with E-state index in [1.807, 2.05) is 56.8 Å². The van der Waals surface area contributed by atoms with E-state index in [4.69, 9.17) is 4.74 Å². The average molecular weight is 453 g/mol. The smallest absolute Gasteiger partial charge is 0.410 e. The van der Waals surface area contributed by atoms with Gasteiger partial charge in [0.1, 0.15) is 10.4 Å². The van der Waals surface area contributed by atoms with Crippen LogP contribution in [0.15, 0.2) is 40.1 Å². The van der Waals surface area contributed by atoms with Gasteiger partial charge in [0.25, 0.3) is 5.56 Å². The van der Waals surface area contributed by atoms with Gasteiger partial charge in [-0.05, 0) is 57.0 Å². The van der Waals surface area contributed by atoms with Crippen LogP contribution < -0.4 is 11.2 Å². The Bertz CT molecular complexity index is 1500. The van der Waals surface area contributed by atoms with E-state index in [-0.39, 0.29) is 11.7 Å². The van der Waals surface area contributed by atoms with Crippen molar-refractivity contribution in [2.45, 2.75) is 39.3 Å². The molecule has 0 spiro atoms. The van der Waals surface area contributed by atoms with Gasteiger partial charge in [-0.25, -0.2) is 14.2 Å². The van der Waals surface area contributed by atoms with Gasteiger partial charge in [-0.1, -0.05) is 0 Å². The summed E-state index contributed by atoms with van der Waals surface area (Å²) in [5.74, 6) is 0. The molecule has 8 nitrogen and oxygen atoms in total. The highest BCUT2D eigenvalue weighted by Crippen LogP contribution is 2.32. The third kappa shape index (κ3) is 3.33. The number of H-pyrrole nitrogens is 1. The minimum absolute atomic E-state index is 0.331. The second-order valence-corrected chi connectivity index (χ2v) is 10.2. The molecule has 0 bridgehead atoms. The predicted molar refractivity (Wildman–Crippen MR) is 125 cm³/mol. The van der Waals surface area contributed by atoms with Crippen molar-refractivity contribution in [2.75, 3.05) is 6.54 Å². The van der Waals surface area contributed by atoms with Crippen LogP contribution in [0.4, 0.5) is 4.79 Å². The molecule has 1 aliphatic rings. The van der Waals surface area contributed by atoms with Crippen LogP contribution in [0.1, 0.15) is 31.2 Å². The van der Waals surface area contributed by atoms with Crippen molar-refractivity contribution < 1.29 is 9.53 Å². The molecule has 3 aromatic heterocycles. The van der Waals surface area contributed by atoms with Gasteiger partial charge in [0.05, 0.1) is 17.6 Å². The number of amides is 1. The summed E-state index contributed by atoms with van der Waals surface area (Å²) >= 11 is 1.36. The Morgan fingerprint density at radius 3 is 2.72 bits per heavy atom. The molecule has 0 aliphatic carbocycles. The molecule has 0 fully saturated rings. The molecular formula is C23H24N4O4S. The molecule has 0 saturated heterocycles. The lowest BCUT2D eigenvalue weighted by Crippen LogP contribution is -2.39. The number of aromatic nitrogens is 3. The Labute approximate surface area is 187 Å². The molecule has 4 aromatic rings. The highest BCUT2D eigenvalue weighted by molar-refractivity contribution is 7.18. The number of thiophene rings is 1. The molecule has 4 heterocycles. The number of hydrogen-bond acceptors (Lipinski definition) is 5. The standard InChI is InChI=1S/C23H24N4O4S/c1-23(2,3)31-22(30)26-10-8-15-17(12-26)32-19-18(15)20(28)27(21(29)24-19)14-5-6-16-13(11-14)7-9-25(16)4/h5-7,9,11H,8,10,12H2,1-4H3,(H,24,29). The molecule has 0 radical (unpaired) electrons. The average Bonchev–Trinajstić information content (AvgIpc) is 3.26. The van der Waals surface area contributed by atoms with E-state index in [2.05, 4.69) is 4.98 Å². The van der Waals surface area contributed by atoms with E-state index in [0.717, 1.165) is 21.3 Å². The Hall–Kier alpha value is -3.33. The molecule has 166 valence electrons. The molecule has 1 aliphatic heterocycles. The number of rotatable bonds is 1. The van der Waals surface area contributed by atoms with Gasteiger partial charge >= 0.3 is 11.8 Å². The number of carbonyl (C=O) groups is 1. The van der Waals surface area contributed by atoms with Gasteiger partial charge in [0, 0.05) is 35.6 Å². The number of ether oxygens (including phenoxy) is 1. The lowest BCUT2D eigenvalue weighted by molar-refractivity contribution is 0.0227. The van der Waals surface area contributed by atoms with Crippen molar-refractivity contribution in [1.82, 2.24) is 19.0 Å². The van der Waals surface area contributed by atoms with Crippen molar-refractivity contribution in [3.8, 4) is 5.69 Å². The maximum atomic E-state index is 13.5. The van der Waals surface area contributed by atoms with Crippen molar-refractivity contribution >= 4 is 38.5 Å². The molecule has 9 heteroatoms. The summed E-state index contributed by atoms with van der Waals surface area (Å²) in [7, 11) is 1.95. The number of aromatic amines is 1. The Morgan fingerprint density at radius 2 is 1.97 bits per heavy atom. The number of nitrogens with one attached hydrogen (secondary N) is 1. The van der Waals surface area contributed by atoms with Crippen molar-refractivity contribution in [2.24, 2.45) is 7.05 Å². The molecule has 1 amide bonds. The van der Waals surface area contributed by atoms with Crippen LogP contribution in [0.3, 0.4) is 0 Å². The van der Waals surface area contributed by atoms with Crippen LogP contribution in [0.25, 0.3) is 26.8 Å². The van der Waals surface area contributed by atoms with Crippen molar-refractivity contribution in [3.05, 3.63) is 61.7 Å². The summed E-state index contributed by atoms with van der Waals surface area (Å²) in [6.45, 7) is 6.32. The van der Waals surface area contributed by atoms with E-state index < -0.39 is 11.3 Å². The van der Waals surface area contributed by atoms with Gasteiger partial charge in [0.2, 0.25) is 0 Å². The van der Waals surface area contributed by atoms with Crippen LogP contribution in [-0.2, 0) is 24.8 Å². The highest BCUT2D eigenvalue weighted by atomic mass is 32.1. The zero-order valence-electron chi connectivity index (χ0n) is 18.4. The number of hydrogen-bond donors (Lipinski definition) is 1. The number of benzene rings is 1. The second kappa shape index (κ2) is 7.09. The number of aryl methyl sites for hydroxylation is 1. The van der Waals surface area contributed by atoms with E-state index in [1.54, 1.807) is 11.0 Å². The predicted octanol–water partition coefficient (Wildman–Crippen LogP) is 3.53. The van der Waals surface area contributed by atoms with Crippen LogP contribution in [0.2, 0.25) is 0 Å². The zero-order valence-corrected chi connectivity index (χ0v) is 19.2. The summed E-state index contributed by atoms with van der Waals surface area (Å²) in [4.78, 5) is 44.8.